The summed E-state index contributed by atoms with van der Waals surface area (Å²) in [5.74, 6) is 0.838. The Bertz CT molecular complexity index is 351. The second-order valence-corrected chi connectivity index (χ2v) is 4.51. The molecule has 1 amide bonds. The average Bonchev–Trinajstić information content (AvgIpc) is 2.69. The number of nitrogens with zero attached hydrogens (tertiary/aromatic N) is 1. The van der Waals surface area contributed by atoms with E-state index in [-0.39, 0.29) is 17.4 Å². The highest BCUT2D eigenvalue weighted by Gasteiger charge is 2.43. The standard InChI is InChI=1S/C11H18N4O/c1-8(9-13-5-6-14-9)15-10(16)11(7-12)3-2-4-11/h5-6,8H,2-4,7,12H2,1H3,(H,13,14)(H,15,16). The van der Waals surface area contributed by atoms with E-state index in [1.54, 1.807) is 12.4 Å². The van der Waals surface area contributed by atoms with Crippen LogP contribution in [0.1, 0.15) is 38.1 Å². The van der Waals surface area contributed by atoms with Gasteiger partial charge in [-0.25, -0.2) is 4.98 Å². The van der Waals surface area contributed by atoms with Gasteiger partial charge in [0, 0.05) is 18.9 Å². The molecule has 1 atom stereocenters. The largest absolute Gasteiger partial charge is 0.347 e. The number of hydrogen-bond acceptors (Lipinski definition) is 3. The lowest BCUT2D eigenvalue weighted by Crippen LogP contribution is -2.50. The average molecular weight is 222 g/mol. The molecule has 0 aromatic carbocycles. The molecule has 5 heteroatoms. The smallest absolute Gasteiger partial charge is 0.228 e. The third-order valence-electron chi connectivity index (χ3n) is 3.46. The van der Waals surface area contributed by atoms with Gasteiger partial charge in [-0.15, -0.1) is 0 Å². The fraction of sp³-hybridized carbons (Fsp3) is 0.636. The van der Waals surface area contributed by atoms with Gasteiger partial charge in [-0.2, -0.15) is 0 Å². The van der Waals surface area contributed by atoms with Gasteiger partial charge in [0.1, 0.15) is 5.82 Å². The molecule has 0 saturated heterocycles. The molecule has 0 aliphatic heterocycles. The van der Waals surface area contributed by atoms with Gasteiger partial charge in [0.15, 0.2) is 0 Å². The molecule has 1 fully saturated rings. The first-order valence-electron chi connectivity index (χ1n) is 5.68. The zero-order valence-electron chi connectivity index (χ0n) is 9.49. The Morgan fingerprint density at radius 2 is 2.50 bits per heavy atom. The molecular weight excluding hydrogens is 204 g/mol. The van der Waals surface area contributed by atoms with Crippen molar-refractivity contribution in [2.24, 2.45) is 11.1 Å². The van der Waals surface area contributed by atoms with Crippen LogP contribution in [0.4, 0.5) is 0 Å². The van der Waals surface area contributed by atoms with Crippen molar-refractivity contribution < 1.29 is 4.79 Å². The van der Waals surface area contributed by atoms with Crippen molar-refractivity contribution in [3.8, 4) is 0 Å². The summed E-state index contributed by atoms with van der Waals surface area (Å²) in [5, 5.41) is 2.96. The highest BCUT2D eigenvalue weighted by Crippen LogP contribution is 2.40. The maximum Gasteiger partial charge on any atom is 0.228 e. The quantitative estimate of drug-likeness (QED) is 0.701. The Morgan fingerprint density at radius 3 is 2.94 bits per heavy atom. The lowest BCUT2D eigenvalue weighted by atomic mass is 9.68. The van der Waals surface area contributed by atoms with Crippen LogP contribution < -0.4 is 11.1 Å². The van der Waals surface area contributed by atoms with E-state index in [2.05, 4.69) is 15.3 Å². The van der Waals surface area contributed by atoms with Crippen molar-refractivity contribution in [3.63, 3.8) is 0 Å². The summed E-state index contributed by atoms with van der Waals surface area (Å²) in [4.78, 5) is 19.2. The van der Waals surface area contributed by atoms with Gasteiger partial charge in [0.05, 0.1) is 11.5 Å². The van der Waals surface area contributed by atoms with Crippen LogP contribution in [-0.2, 0) is 4.79 Å². The summed E-state index contributed by atoms with van der Waals surface area (Å²) < 4.78 is 0. The van der Waals surface area contributed by atoms with E-state index >= 15 is 0 Å². The molecule has 1 aromatic rings. The molecule has 88 valence electrons. The highest BCUT2D eigenvalue weighted by atomic mass is 16.2. The molecular formula is C11H18N4O. The van der Waals surface area contributed by atoms with Crippen LogP contribution in [0.5, 0.6) is 0 Å². The van der Waals surface area contributed by atoms with Crippen LogP contribution in [0.3, 0.4) is 0 Å². The number of carbonyl (C=O) groups excluding carboxylic acids is 1. The molecule has 4 N–H and O–H groups in total. The Hall–Kier alpha value is -1.36. The van der Waals surface area contributed by atoms with Gasteiger partial charge < -0.3 is 16.0 Å². The zero-order valence-corrected chi connectivity index (χ0v) is 9.49. The second-order valence-electron chi connectivity index (χ2n) is 4.51. The number of aromatic amines is 1. The van der Waals surface area contributed by atoms with Crippen molar-refractivity contribution in [1.82, 2.24) is 15.3 Å². The van der Waals surface area contributed by atoms with Crippen molar-refractivity contribution in [2.75, 3.05) is 6.54 Å². The van der Waals surface area contributed by atoms with Crippen LogP contribution in [0.2, 0.25) is 0 Å². The van der Waals surface area contributed by atoms with Crippen LogP contribution in [0, 0.1) is 5.41 Å². The van der Waals surface area contributed by atoms with Crippen molar-refractivity contribution in [2.45, 2.75) is 32.2 Å². The third-order valence-corrected chi connectivity index (χ3v) is 3.46. The Balaban J connectivity index is 1.97. The number of nitrogens with two attached hydrogens (primary N) is 1. The topological polar surface area (TPSA) is 83.8 Å². The molecule has 1 saturated carbocycles. The highest BCUT2D eigenvalue weighted by molar-refractivity contribution is 5.84. The normalized spacial score (nSPS) is 19.9. The summed E-state index contributed by atoms with van der Waals surface area (Å²) in [6, 6.07) is -0.0912. The monoisotopic (exact) mass is 222 g/mol. The SMILES string of the molecule is CC(NC(=O)C1(CN)CCC1)c1ncc[nH]1. The molecule has 5 nitrogen and oxygen atoms in total. The molecule has 16 heavy (non-hydrogen) atoms. The number of hydrogen-bond donors (Lipinski definition) is 3. The van der Waals surface area contributed by atoms with E-state index in [1.807, 2.05) is 6.92 Å². The number of nitrogens with one attached hydrogen (secondary N) is 2. The number of aromatic nitrogens is 2. The number of carbonyl (C=O) groups is 1. The Morgan fingerprint density at radius 1 is 1.75 bits per heavy atom. The molecule has 1 aromatic heterocycles. The van der Waals surface area contributed by atoms with Gasteiger partial charge in [0.25, 0.3) is 0 Å². The third kappa shape index (κ3) is 1.82. The van der Waals surface area contributed by atoms with E-state index in [0.29, 0.717) is 6.54 Å². The zero-order chi connectivity index (χ0) is 11.6. The van der Waals surface area contributed by atoms with Gasteiger partial charge in [-0.05, 0) is 19.8 Å². The first-order valence-corrected chi connectivity index (χ1v) is 5.68. The maximum atomic E-state index is 12.1. The predicted octanol–water partition coefficient (Wildman–Crippen LogP) is 0.716. The Labute approximate surface area is 94.8 Å². The molecule has 1 aliphatic rings. The first-order chi connectivity index (χ1) is 7.68. The maximum absolute atomic E-state index is 12.1. The van der Waals surface area contributed by atoms with Crippen molar-refractivity contribution in [1.29, 1.82) is 0 Å². The molecule has 1 unspecified atom stereocenters. The van der Waals surface area contributed by atoms with E-state index in [4.69, 9.17) is 5.73 Å². The molecule has 0 bridgehead atoms. The molecule has 1 heterocycles. The van der Waals surface area contributed by atoms with Crippen LogP contribution in [-0.4, -0.2) is 22.4 Å². The summed E-state index contributed by atoms with van der Waals surface area (Å²) in [6.07, 6.45) is 6.33. The van der Waals surface area contributed by atoms with E-state index < -0.39 is 0 Å². The van der Waals surface area contributed by atoms with Gasteiger partial charge in [-0.1, -0.05) is 6.42 Å². The van der Waals surface area contributed by atoms with Crippen LogP contribution in [0.15, 0.2) is 12.4 Å². The van der Waals surface area contributed by atoms with Crippen molar-refractivity contribution >= 4 is 5.91 Å². The van der Waals surface area contributed by atoms with E-state index in [1.165, 1.54) is 0 Å². The minimum Gasteiger partial charge on any atom is -0.347 e. The Kier molecular flexibility index (Phi) is 2.96. The molecule has 2 rings (SSSR count). The molecule has 0 spiro atoms. The summed E-state index contributed by atoms with van der Waals surface area (Å²) in [7, 11) is 0. The van der Waals surface area contributed by atoms with Crippen LogP contribution >= 0.6 is 0 Å². The summed E-state index contributed by atoms with van der Waals surface area (Å²) in [6.45, 7) is 2.35. The minimum atomic E-state index is -0.319. The summed E-state index contributed by atoms with van der Waals surface area (Å²) >= 11 is 0. The predicted molar refractivity (Wildman–Crippen MR) is 60.5 cm³/mol. The molecule has 1 aliphatic carbocycles. The number of amides is 1. The van der Waals surface area contributed by atoms with Gasteiger partial charge in [-0.3, -0.25) is 4.79 Å². The van der Waals surface area contributed by atoms with E-state index in [9.17, 15) is 4.79 Å². The first kappa shape index (κ1) is 11.1. The fourth-order valence-corrected chi connectivity index (χ4v) is 2.06. The second kappa shape index (κ2) is 4.25. The van der Waals surface area contributed by atoms with Crippen LogP contribution in [0.25, 0.3) is 0 Å². The summed E-state index contributed by atoms with van der Waals surface area (Å²) in [5.41, 5.74) is 5.36. The lowest BCUT2D eigenvalue weighted by molar-refractivity contribution is -0.135. The number of imidazole rings is 1. The van der Waals surface area contributed by atoms with Gasteiger partial charge >= 0.3 is 0 Å². The van der Waals surface area contributed by atoms with E-state index in [0.717, 1.165) is 25.1 Å². The molecule has 0 radical (unpaired) electrons. The van der Waals surface area contributed by atoms with Crippen molar-refractivity contribution in [3.05, 3.63) is 18.2 Å². The van der Waals surface area contributed by atoms with Gasteiger partial charge in [0.2, 0.25) is 5.91 Å². The number of H-pyrrole nitrogens is 1. The lowest BCUT2D eigenvalue weighted by Gasteiger charge is -2.39. The minimum absolute atomic E-state index is 0.0603. The fourth-order valence-electron chi connectivity index (χ4n) is 2.06. The number of rotatable bonds is 4.